The van der Waals surface area contributed by atoms with Gasteiger partial charge >= 0.3 is 0 Å². The van der Waals surface area contributed by atoms with Gasteiger partial charge in [0.05, 0.1) is 18.3 Å². The molecule has 0 saturated carbocycles. The van der Waals surface area contributed by atoms with Crippen molar-refractivity contribution >= 4 is 5.91 Å². The topological polar surface area (TPSA) is 78.5 Å². The number of carbonyl (C=O) groups excluding carboxylic acids is 1. The van der Waals surface area contributed by atoms with Crippen LogP contribution in [-0.2, 0) is 6.54 Å². The fourth-order valence-corrected chi connectivity index (χ4v) is 4.50. The van der Waals surface area contributed by atoms with Crippen LogP contribution in [0.2, 0.25) is 0 Å². The van der Waals surface area contributed by atoms with Gasteiger partial charge in [-0.05, 0) is 44.0 Å². The number of rotatable bonds is 6. The van der Waals surface area contributed by atoms with E-state index in [1.807, 2.05) is 74.2 Å². The minimum Gasteiger partial charge on any atom is -0.504 e. The highest BCUT2D eigenvalue weighted by molar-refractivity contribution is 6.00. The standard InChI is InChI=1S/C28H27N3O3/c1-4-34-23-15-21(13-14-22(23)32)27-24-25(20-11-7-18(3)8-12-20)29-30-26(24)28(33)31(27)16-19-9-5-17(2)6-10-19/h5-15,27,32H,4,16H2,1-3H3,(H,29,30). The van der Waals surface area contributed by atoms with Crippen molar-refractivity contribution in [3.05, 3.63) is 100 Å². The Morgan fingerprint density at radius 3 is 2.35 bits per heavy atom. The molecule has 3 aromatic carbocycles. The first-order chi connectivity index (χ1) is 16.5. The third-order valence-electron chi connectivity index (χ3n) is 6.26. The van der Waals surface area contributed by atoms with Gasteiger partial charge in [-0.2, -0.15) is 5.10 Å². The highest BCUT2D eigenvalue weighted by atomic mass is 16.5. The number of phenols is 1. The summed E-state index contributed by atoms with van der Waals surface area (Å²) in [6.45, 7) is 6.84. The van der Waals surface area contributed by atoms with Gasteiger partial charge in [0.1, 0.15) is 5.69 Å². The van der Waals surface area contributed by atoms with Crippen LogP contribution in [0, 0.1) is 13.8 Å². The Morgan fingerprint density at radius 1 is 1.00 bits per heavy atom. The number of nitrogens with one attached hydrogen (secondary N) is 1. The molecule has 6 nitrogen and oxygen atoms in total. The molecule has 1 amide bonds. The number of fused-ring (bicyclic) bond motifs is 1. The lowest BCUT2D eigenvalue weighted by Gasteiger charge is -2.27. The molecule has 1 atom stereocenters. The molecular weight excluding hydrogens is 426 g/mol. The lowest BCUT2D eigenvalue weighted by molar-refractivity contribution is 0.0730. The maximum absolute atomic E-state index is 13.6. The van der Waals surface area contributed by atoms with E-state index in [-0.39, 0.29) is 17.7 Å². The second-order valence-corrected chi connectivity index (χ2v) is 8.71. The summed E-state index contributed by atoms with van der Waals surface area (Å²) < 4.78 is 5.65. The van der Waals surface area contributed by atoms with Crippen molar-refractivity contribution < 1.29 is 14.6 Å². The van der Waals surface area contributed by atoms with Crippen LogP contribution in [-0.4, -0.2) is 32.7 Å². The molecule has 34 heavy (non-hydrogen) atoms. The average molecular weight is 454 g/mol. The second kappa shape index (κ2) is 8.71. The number of hydrogen-bond donors (Lipinski definition) is 2. The molecular formula is C28H27N3O3. The van der Waals surface area contributed by atoms with Gasteiger partial charge in [-0.3, -0.25) is 9.89 Å². The SMILES string of the molecule is CCOc1cc(C2c3c(-c4ccc(C)cc4)n[nH]c3C(=O)N2Cc2ccc(C)cc2)ccc1O. The normalized spacial score (nSPS) is 15.0. The Morgan fingerprint density at radius 2 is 1.68 bits per heavy atom. The minimum atomic E-state index is -0.376. The monoisotopic (exact) mass is 453 g/mol. The first kappa shape index (κ1) is 21.8. The Hall–Kier alpha value is -4.06. The number of phenolic OH excluding ortho intramolecular Hbond substituents is 1. The first-order valence-electron chi connectivity index (χ1n) is 11.4. The van der Waals surface area contributed by atoms with Gasteiger partial charge < -0.3 is 14.7 Å². The van der Waals surface area contributed by atoms with Crippen molar-refractivity contribution in [2.24, 2.45) is 0 Å². The van der Waals surface area contributed by atoms with E-state index in [2.05, 4.69) is 22.3 Å². The Kier molecular flexibility index (Phi) is 5.57. The first-order valence-corrected chi connectivity index (χ1v) is 11.4. The molecule has 0 aliphatic carbocycles. The van der Waals surface area contributed by atoms with Crippen LogP contribution < -0.4 is 4.74 Å². The highest BCUT2D eigenvalue weighted by Crippen LogP contribution is 2.45. The number of nitrogens with zero attached hydrogens (tertiary/aromatic N) is 2. The molecule has 0 fully saturated rings. The van der Waals surface area contributed by atoms with Crippen LogP contribution in [0.5, 0.6) is 11.5 Å². The zero-order valence-corrected chi connectivity index (χ0v) is 19.5. The Labute approximate surface area is 198 Å². The van der Waals surface area contributed by atoms with Crippen molar-refractivity contribution in [2.75, 3.05) is 6.61 Å². The van der Waals surface area contributed by atoms with Crippen LogP contribution in [0.3, 0.4) is 0 Å². The molecule has 0 radical (unpaired) electrons. The Balaban J connectivity index is 1.65. The predicted octanol–water partition coefficient (Wildman–Crippen LogP) is 5.54. The molecule has 1 unspecified atom stereocenters. The molecule has 2 N–H and O–H groups in total. The number of aromatic nitrogens is 2. The number of H-pyrrole nitrogens is 1. The number of hydrogen-bond acceptors (Lipinski definition) is 4. The van der Waals surface area contributed by atoms with E-state index in [0.29, 0.717) is 24.6 Å². The average Bonchev–Trinajstić information content (AvgIpc) is 3.37. The van der Waals surface area contributed by atoms with Crippen LogP contribution in [0.4, 0.5) is 0 Å². The van der Waals surface area contributed by atoms with Gasteiger partial charge in [0.15, 0.2) is 11.5 Å². The number of amides is 1. The number of benzene rings is 3. The molecule has 5 rings (SSSR count). The molecule has 0 bridgehead atoms. The van der Waals surface area contributed by atoms with Crippen molar-refractivity contribution in [2.45, 2.75) is 33.4 Å². The summed E-state index contributed by atoms with van der Waals surface area (Å²) in [6, 6.07) is 21.3. The smallest absolute Gasteiger partial charge is 0.273 e. The summed E-state index contributed by atoms with van der Waals surface area (Å²) in [7, 11) is 0. The summed E-state index contributed by atoms with van der Waals surface area (Å²) >= 11 is 0. The molecule has 2 heterocycles. The molecule has 1 aromatic heterocycles. The lowest BCUT2D eigenvalue weighted by atomic mass is 9.95. The highest BCUT2D eigenvalue weighted by Gasteiger charge is 2.42. The van der Waals surface area contributed by atoms with E-state index in [9.17, 15) is 9.90 Å². The molecule has 0 saturated heterocycles. The van der Waals surface area contributed by atoms with E-state index in [1.165, 1.54) is 5.56 Å². The van der Waals surface area contributed by atoms with Gasteiger partial charge in [0.2, 0.25) is 0 Å². The third kappa shape index (κ3) is 3.81. The van der Waals surface area contributed by atoms with Crippen molar-refractivity contribution in [3.63, 3.8) is 0 Å². The summed E-state index contributed by atoms with van der Waals surface area (Å²) in [5, 5.41) is 17.8. The van der Waals surface area contributed by atoms with Gasteiger partial charge in [0.25, 0.3) is 5.91 Å². The van der Waals surface area contributed by atoms with E-state index in [4.69, 9.17) is 4.74 Å². The molecule has 4 aromatic rings. The molecule has 6 heteroatoms. The van der Waals surface area contributed by atoms with Crippen molar-refractivity contribution in [1.29, 1.82) is 0 Å². The van der Waals surface area contributed by atoms with Crippen molar-refractivity contribution in [3.8, 4) is 22.8 Å². The number of aromatic amines is 1. The summed E-state index contributed by atoms with van der Waals surface area (Å²) in [6.07, 6.45) is 0. The molecule has 0 spiro atoms. The predicted molar refractivity (Wildman–Crippen MR) is 131 cm³/mol. The molecule has 1 aliphatic heterocycles. The fourth-order valence-electron chi connectivity index (χ4n) is 4.50. The minimum absolute atomic E-state index is 0.0752. The van der Waals surface area contributed by atoms with Crippen LogP contribution in [0.1, 0.15) is 51.3 Å². The summed E-state index contributed by atoms with van der Waals surface area (Å²) in [5.74, 6) is 0.375. The quantitative estimate of drug-likeness (QED) is 0.402. The van der Waals surface area contributed by atoms with Crippen molar-refractivity contribution in [1.82, 2.24) is 15.1 Å². The summed E-state index contributed by atoms with van der Waals surface area (Å²) in [4.78, 5) is 15.5. The number of carbonyl (C=O) groups is 1. The van der Waals surface area contributed by atoms with Crippen LogP contribution >= 0.6 is 0 Å². The zero-order chi connectivity index (χ0) is 23.8. The summed E-state index contributed by atoms with van der Waals surface area (Å²) in [5.41, 5.74) is 7.27. The van der Waals surface area contributed by atoms with Gasteiger partial charge in [-0.1, -0.05) is 65.7 Å². The number of aryl methyl sites for hydroxylation is 2. The van der Waals surface area contributed by atoms with Gasteiger partial charge in [-0.25, -0.2) is 0 Å². The van der Waals surface area contributed by atoms with E-state index in [0.717, 1.165) is 33.5 Å². The maximum atomic E-state index is 13.6. The fraction of sp³-hybridized carbons (Fsp3) is 0.214. The second-order valence-electron chi connectivity index (χ2n) is 8.71. The van der Waals surface area contributed by atoms with E-state index < -0.39 is 0 Å². The number of aromatic hydroxyl groups is 1. The third-order valence-corrected chi connectivity index (χ3v) is 6.26. The van der Waals surface area contributed by atoms with Crippen LogP contribution in [0.25, 0.3) is 11.3 Å². The Bertz CT molecular complexity index is 1340. The molecule has 172 valence electrons. The van der Waals surface area contributed by atoms with Gasteiger partial charge in [-0.15, -0.1) is 0 Å². The molecule has 1 aliphatic rings. The largest absolute Gasteiger partial charge is 0.504 e. The zero-order valence-electron chi connectivity index (χ0n) is 19.5. The maximum Gasteiger partial charge on any atom is 0.273 e. The van der Waals surface area contributed by atoms with Gasteiger partial charge in [0, 0.05) is 17.7 Å². The van der Waals surface area contributed by atoms with Crippen LogP contribution in [0.15, 0.2) is 66.7 Å². The van der Waals surface area contributed by atoms with E-state index >= 15 is 0 Å². The lowest BCUT2D eigenvalue weighted by Crippen LogP contribution is -2.29. The number of ether oxygens (including phenoxy) is 1. The van der Waals surface area contributed by atoms with E-state index in [1.54, 1.807) is 6.07 Å².